The monoisotopic (exact) mass is 488 g/mol. The highest BCUT2D eigenvalue weighted by Crippen LogP contribution is 2.28. The summed E-state index contributed by atoms with van der Waals surface area (Å²) < 4.78 is 5.72. The third-order valence-corrected chi connectivity index (χ3v) is 4.21. The number of benzene rings is 1. The van der Waals surface area contributed by atoms with E-state index in [4.69, 9.17) is 4.74 Å². The number of halogens is 1. The Bertz CT molecular complexity index is 601. The van der Waals surface area contributed by atoms with Crippen molar-refractivity contribution in [3.05, 3.63) is 29.8 Å². The fourth-order valence-electron chi connectivity index (χ4n) is 2.46. The molecule has 0 bridgehead atoms. The average molecular weight is 488 g/mol. The highest BCUT2D eigenvalue weighted by molar-refractivity contribution is 14.0. The first kappa shape index (κ1) is 23.5. The Morgan fingerprint density at radius 2 is 1.78 bits per heavy atom. The van der Waals surface area contributed by atoms with Gasteiger partial charge in [-0.1, -0.05) is 26.0 Å². The molecule has 1 saturated carbocycles. The lowest BCUT2D eigenvalue weighted by molar-refractivity contribution is -0.122. The molecule has 0 aliphatic heterocycles. The van der Waals surface area contributed by atoms with Gasteiger partial charge in [-0.15, -0.1) is 24.0 Å². The van der Waals surface area contributed by atoms with Crippen LogP contribution >= 0.6 is 24.0 Å². The lowest BCUT2D eigenvalue weighted by Crippen LogP contribution is -2.42. The van der Waals surface area contributed by atoms with Crippen LogP contribution in [0.4, 0.5) is 0 Å². The summed E-state index contributed by atoms with van der Waals surface area (Å²) in [6.07, 6.45) is 2.06. The summed E-state index contributed by atoms with van der Waals surface area (Å²) in [4.78, 5) is 15.8. The Balaban J connectivity index is 0.00000364. The van der Waals surface area contributed by atoms with Gasteiger partial charge >= 0.3 is 0 Å². The molecule has 1 amide bonds. The molecule has 2 rings (SSSR count). The Morgan fingerprint density at radius 1 is 1.15 bits per heavy atom. The zero-order chi connectivity index (χ0) is 18.9. The van der Waals surface area contributed by atoms with Crippen molar-refractivity contribution in [1.82, 2.24) is 16.0 Å². The molecule has 7 heteroatoms. The number of hydrogen-bond donors (Lipinski definition) is 3. The van der Waals surface area contributed by atoms with Crippen molar-refractivity contribution in [2.75, 3.05) is 26.7 Å². The van der Waals surface area contributed by atoms with Gasteiger partial charge in [0.2, 0.25) is 5.91 Å². The minimum atomic E-state index is 0. The van der Waals surface area contributed by atoms with E-state index in [1.807, 2.05) is 12.1 Å². The molecule has 1 atom stereocenters. The number of guanidine groups is 1. The van der Waals surface area contributed by atoms with Gasteiger partial charge in [0.25, 0.3) is 0 Å². The van der Waals surface area contributed by atoms with Crippen LogP contribution in [0.15, 0.2) is 29.3 Å². The lowest BCUT2D eigenvalue weighted by atomic mass is 10.1. The van der Waals surface area contributed by atoms with Crippen LogP contribution in [0.5, 0.6) is 5.75 Å². The summed E-state index contributed by atoms with van der Waals surface area (Å²) in [5.74, 6) is 2.54. The molecule has 3 N–H and O–H groups in total. The third-order valence-electron chi connectivity index (χ3n) is 4.21. The predicted octanol–water partition coefficient (Wildman–Crippen LogP) is 3.09. The Labute approximate surface area is 179 Å². The van der Waals surface area contributed by atoms with Crippen molar-refractivity contribution in [2.45, 2.75) is 39.7 Å². The van der Waals surface area contributed by atoms with Crippen molar-refractivity contribution < 1.29 is 9.53 Å². The summed E-state index contributed by atoms with van der Waals surface area (Å²) in [6.45, 7) is 8.33. The normalized spacial score (nSPS) is 14.9. The topological polar surface area (TPSA) is 74.8 Å². The third kappa shape index (κ3) is 8.81. The van der Waals surface area contributed by atoms with E-state index in [2.05, 4.69) is 53.8 Å². The van der Waals surface area contributed by atoms with Crippen LogP contribution in [0, 0.1) is 11.8 Å². The number of carbonyl (C=O) groups excluding carboxylic acids is 1. The van der Waals surface area contributed by atoms with Gasteiger partial charge in [-0.05, 0) is 43.4 Å². The quantitative estimate of drug-likeness (QED) is 0.216. The summed E-state index contributed by atoms with van der Waals surface area (Å²) in [5, 5.41) is 9.53. The van der Waals surface area contributed by atoms with Crippen LogP contribution in [0.1, 0.15) is 45.2 Å². The van der Waals surface area contributed by atoms with Crippen LogP contribution in [-0.4, -0.2) is 38.6 Å². The fourth-order valence-corrected chi connectivity index (χ4v) is 2.46. The van der Waals surface area contributed by atoms with Gasteiger partial charge in [0, 0.05) is 26.1 Å². The first-order valence-corrected chi connectivity index (χ1v) is 9.47. The van der Waals surface area contributed by atoms with Crippen LogP contribution in [0.3, 0.4) is 0 Å². The van der Waals surface area contributed by atoms with Gasteiger partial charge in [0.15, 0.2) is 5.96 Å². The largest absolute Gasteiger partial charge is 0.493 e. The molecule has 0 heterocycles. The van der Waals surface area contributed by atoms with Gasteiger partial charge < -0.3 is 20.7 Å². The number of nitrogens with zero attached hydrogens (tertiary/aromatic N) is 1. The van der Waals surface area contributed by atoms with E-state index in [0.29, 0.717) is 19.0 Å². The van der Waals surface area contributed by atoms with E-state index >= 15 is 0 Å². The lowest BCUT2D eigenvalue weighted by Gasteiger charge is -2.19. The van der Waals surface area contributed by atoms with Crippen molar-refractivity contribution in [3.8, 4) is 5.75 Å². The highest BCUT2D eigenvalue weighted by atomic mass is 127. The SMILES string of the molecule is CN=C(NCCNC(=O)C1CC1)NC(C)c1ccc(OCC(C)C)cc1.I. The molecule has 27 heavy (non-hydrogen) atoms. The molecular formula is C20H33IN4O2. The molecule has 1 aromatic carbocycles. The molecular weight excluding hydrogens is 455 g/mol. The van der Waals surface area contributed by atoms with Crippen LogP contribution in [0.2, 0.25) is 0 Å². The number of aliphatic imine (C=N–C) groups is 1. The minimum Gasteiger partial charge on any atom is -0.493 e. The number of rotatable bonds is 9. The first-order chi connectivity index (χ1) is 12.5. The number of amides is 1. The first-order valence-electron chi connectivity index (χ1n) is 9.47. The van der Waals surface area contributed by atoms with E-state index in [0.717, 1.165) is 36.7 Å². The Hall–Kier alpha value is -1.51. The van der Waals surface area contributed by atoms with E-state index in [1.165, 1.54) is 0 Å². The maximum atomic E-state index is 11.6. The number of hydrogen-bond acceptors (Lipinski definition) is 3. The van der Waals surface area contributed by atoms with Gasteiger partial charge in [0.1, 0.15) is 5.75 Å². The van der Waals surface area contributed by atoms with Gasteiger partial charge in [-0.2, -0.15) is 0 Å². The summed E-state index contributed by atoms with van der Waals surface area (Å²) in [6, 6.07) is 8.24. The molecule has 1 aromatic rings. The van der Waals surface area contributed by atoms with Gasteiger partial charge in [-0.25, -0.2) is 0 Å². The molecule has 0 spiro atoms. The summed E-state index contributed by atoms with van der Waals surface area (Å²) in [5.41, 5.74) is 1.16. The minimum absolute atomic E-state index is 0. The smallest absolute Gasteiger partial charge is 0.223 e. The maximum absolute atomic E-state index is 11.6. The molecule has 0 aromatic heterocycles. The van der Waals surface area contributed by atoms with E-state index < -0.39 is 0 Å². The molecule has 1 fully saturated rings. The molecule has 1 unspecified atom stereocenters. The molecule has 1 aliphatic rings. The molecule has 1 aliphatic carbocycles. The Morgan fingerprint density at radius 3 is 2.33 bits per heavy atom. The van der Waals surface area contributed by atoms with Crippen LogP contribution in [-0.2, 0) is 4.79 Å². The zero-order valence-corrected chi connectivity index (χ0v) is 19.1. The van der Waals surface area contributed by atoms with Crippen molar-refractivity contribution in [3.63, 3.8) is 0 Å². The standard InChI is InChI=1S/C20H32N4O2.HI/c1-14(2)13-26-18-9-7-16(8-10-18)15(3)24-20(21-4)23-12-11-22-19(25)17-5-6-17;/h7-10,14-15,17H,5-6,11-13H2,1-4H3,(H,22,25)(H2,21,23,24);1H. The van der Waals surface area contributed by atoms with Crippen LogP contribution < -0.4 is 20.7 Å². The molecule has 0 saturated heterocycles. The summed E-state index contributed by atoms with van der Waals surface area (Å²) in [7, 11) is 1.74. The van der Waals surface area contributed by atoms with E-state index in [1.54, 1.807) is 7.05 Å². The number of carbonyl (C=O) groups is 1. The number of nitrogens with one attached hydrogen (secondary N) is 3. The second kappa shape index (κ2) is 12.0. The van der Waals surface area contributed by atoms with E-state index in [9.17, 15) is 4.79 Å². The van der Waals surface area contributed by atoms with Gasteiger partial charge in [-0.3, -0.25) is 9.79 Å². The van der Waals surface area contributed by atoms with Gasteiger partial charge in [0.05, 0.1) is 12.6 Å². The molecule has 152 valence electrons. The number of ether oxygens (including phenoxy) is 1. The van der Waals surface area contributed by atoms with Crippen molar-refractivity contribution in [1.29, 1.82) is 0 Å². The molecule has 0 radical (unpaired) electrons. The maximum Gasteiger partial charge on any atom is 0.223 e. The predicted molar refractivity (Wildman–Crippen MR) is 121 cm³/mol. The summed E-state index contributed by atoms with van der Waals surface area (Å²) >= 11 is 0. The zero-order valence-electron chi connectivity index (χ0n) is 16.7. The van der Waals surface area contributed by atoms with E-state index in [-0.39, 0.29) is 41.8 Å². The second-order valence-electron chi connectivity index (χ2n) is 7.20. The highest BCUT2D eigenvalue weighted by Gasteiger charge is 2.28. The van der Waals surface area contributed by atoms with Crippen LogP contribution in [0.25, 0.3) is 0 Å². The van der Waals surface area contributed by atoms with Crippen molar-refractivity contribution >= 4 is 35.8 Å². The second-order valence-corrected chi connectivity index (χ2v) is 7.20. The van der Waals surface area contributed by atoms with Crippen molar-refractivity contribution in [2.24, 2.45) is 16.8 Å². The molecule has 6 nitrogen and oxygen atoms in total. The average Bonchev–Trinajstić information content (AvgIpc) is 3.47. The Kier molecular flexibility index (Phi) is 10.5. The fraction of sp³-hybridized carbons (Fsp3) is 0.600.